The highest BCUT2D eigenvalue weighted by molar-refractivity contribution is 5.90. The van der Waals surface area contributed by atoms with Crippen LogP contribution in [0.15, 0.2) is 47.3 Å². The summed E-state index contributed by atoms with van der Waals surface area (Å²) in [4.78, 5) is 11.5. The van der Waals surface area contributed by atoms with Crippen molar-refractivity contribution in [3.63, 3.8) is 0 Å². The molecule has 0 bridgehead atoms. The Morgan fingerprint density at radius 2 is 1.93 bits per heavy atom. The number of carbonyl (C=O) groups excluding carboxylic acids is 1. The fourth-order valence-corrected chi connectivity index (χ4v) is 1.15. The molecule has 2 aromatic rings. The maximum Gasteiger partial charge on any atom is 0.346 e. The number of hydrogen-bond donors (Lipinski definition) is 0. The van der Waals surface area contributed by atoms with Crippen molar-refractivity contribution in [1.82, 2.24) is 0 Å². The quantitative estimate of drug-likeness (QED) is 0.555. The van der Waals surface area contributed by atoms with Crippen molar-refractivity contribution in [2.24, 2.45) is 0 Å². The molecule has 0 aliphatic heterocycles. The standard InChI is InChI=1S/C12H10O3/c1-9-2-4-11(5-3-9)15-12(13)10-6-7-14-8-10/h2-8H,1H3. The summed E-state index contributed by atoms with van der Waals surface area (Å²) in [5, 5.41) is 0. The van der Waals surface area contributed by atoms with Gasteiger partial charge < -0.3 is 9.15 Å². The first-order chi connectivity index (χ1) is 7.25. The zero-order chi connectivity index (χ0) is 10.7. The van der Waals surface area contributed by atoms with Gasteiger partial charge in [0.05, 0.1) is 11.8 Å². The van der Waals surface area contributed by atoms with Gasteiger partial charge in [-0.15, -0.1) is 0 Å². The first kappa shape index (κ1) is 9.52. The van der Waals surface area contributed by atoms with Gasteiger partial charge in [0.2, 0.25) is 0 Å². The molecule has 0 radical (unpaired) electrons. The average molecular weight is 202 g/mol. The summed E-state index contributed by atoms with van der Waals surface area (Å²) in [5.41, 5.74) is 1.54. The van der Waals surface area contributed by atoms with Gasteiger partial charge in [-0.3, -0.25) is 0 Å². The second kappa shape index (κ2) is 4.00. The minimum absolute atomic E-state index is 0.410. The van der Waals surface area contributed by atoms with Crippen LogP contribution in [0.1, 0.15) is 15.9 Å². The number of furan rings is 1. The van der Waals surface area contributed by atoms with Crippen LogP contribution >= 0.6 is 0 Å². The lowest BCUT2D eigenvalue weighted by atomic mass is 10.2. The predicted octanol–water partition coefficient (Wildman–Crippen LogP) is 2.81. The third-order valence-corrected chi connectivity index (χ3v) is 1.99. The van der Waals surface area contributed by atoms with E-state index in [1.165, 1.54) is 12.5 Å². The summed E-state index contributed by atoms with van der Waals surface area (Å²) in [6.45, 7) is 1.97. The van der Waals surface area contributed by atoms with E-state index in [9.17, 15) is 4.79 Å². The van der Waals surface area contributed by atoms with Crippen molar-refractivity contribution in [2.45, 2.75) is 6.92 Å². The van der Waals surface area contributed by atoms with Crippen LogP contribution in [0.25, 0.3) is 0 Å². The molecule has 0 amide bonds. The molecule has 0 saturated heterocycles. The number of hydrogen-bond acceptors (Lipinski definition) is 3. The molecule has 76 valence electrons. The molecule has 1 aromatic heterocycles. The minimum Gasteiger partial charge on any atom is -0.472 e. The van der Waals surface area contributed by atoms with E-state index in [0.717, 1.165) is 5.56 Å². The molecular formula is C12H10O3. The largest absolute Gasteiger partial charge is 0.472 e. The SMILES string of the molecule is Cc1ccc(OC(=O)c2ccoc2)cc1. The molecule has 0 saturated carbocycles. The van der Waals surface area contributed by atoms with Crippen molar-refractivity contribution in [2.75, 3.05) is 0 Å². The molecule has 1 aromatic carbocycles. The van der Waals surface area contributed by atoms with E-state index in [-0.39, 0.29) is 0 Å². The molecule has 1 heterocycles. The van der Waals surface area contributed by atoms with E-state index in [4.69, 9.17) is 9.15 Å². The summed E-state index contributed by atoms with van der Waals surface area (Å²) in [6, 6.07) is 8.85. The maximum atomic E-state index is 11.5. The zero-order valence-corrected chi connectivity index (χ0v) is 8.27. The highest BCUT2D eigenvalue weighted by Crippen LogP contribution is 2.13. The van der Waals surface area contributed by atoms with Crippen LogP contribution in [0.3, 0.4) is 0 Å². The molecule has 3 nitrogen and oxygen atoms in total. The van der Waals surface area contributed by atoms with Crippen molar-refractivity contribution >= 4 is 5.97 Å². The summed E-state index contributed by atoms with van der Waals surface area (Å²) in [7, 11) is 0. The highest BCUT2D eigenvalue weighted by atomic mass is 16.5. The molecule has 0 aliphatic rings. The summed E-state index contributed by atoms with van der Waals surface area (Å²) in [6.07, 6.45) is 2.79. The van der Waals surface area contributed by atoms with Gasteiger partial charge >= 0.3 is 5.97 Å². The predicted molar refractivity (Wildman–Crippen MR) is 54.8 cm³/mol. The third-order valence-electron chi connectivity index (χ3n) is 1.99. The van der Waals surface area contributed by atoms with E-state index in [0.29, 0.717) is 11.3 Å². The normalized spacial score (nSPS) is 9.93. The second-order valence-electron chi connectivity index (χ2n) is 3.21. The molecule has 15 heavy (non-hydrogen) atoms. The monoisotopic (exact) mass is 202 g/mol. The van der Waals surface area contributed by atoms with Gasteiger partial charge in [0, 0.05) is 0 Å². The fourth-order valence-electron chi connectivity index (χ4n) is 1.15. The van der Waals surface area contributed by atoms with Crippen molar-refractivity contribution in [1.29, 1.82) is 0 Å². The Balaban J connectivity index is 2.09. The number of benzene rings is 1. The van der Waals surface area contributed by atoms with Gasteiger partial charge in [-0.2, -0.15) is 0 Å². The topological polar surface area (TPSA) is 39.4 Å². The van der Waals surface area contributed by atoms with E-state index in [2.05, 4.69) is 0 Å². The van der Waals surface area contributed by atoms with Crippen molar-refractivity contribution in [3.05, 3.63) is 54.0 Å². The van der Waals surface area contributed by atoms with Gasteiger partial charge in [-0.25, -0.2) is 4.79 Å². The van der Waals surface area contributed by atoms with Gasteiger partial charge in [0.25, 0.3) is 0 Å². The fraction of sp³-hybridized carbons (Fsp3) is 0.0833. The number of aryl methyl sites for hydroxylation is 1. The molecule has 0 fully saturated rings. The Morgan fingerprint density at radius 3 is 2.53 bits per heavy atom. The Hall–Kier alpha value is -2.03. The zero-order valence-electron chi connectivity index (χ0n) is 8.27. The Morgan fingerprint density at radius 1 is 1.20 bits per heavy atom. The highest BCUT2D eigenvalue weighted by Gasteiger charge is 2.08. The Kier molecular flexibility index (Phi) is 2.54. The maximum absolute atomic E-state index is 11.5. The molecule has 0 unspecified atom stereocenters. The first-order valence-corrected chi connectivity index (χ1v) is 4.57. The molecule has 0 aliphatic carbocycles. The molecule has 0 atom stereocenters. The summed E-state index contributed by atoms with van der Waals surface area (Å²) >= 11 is 0. The van der Waals surface area contributed by atoms with Crippen LogP contribution in [0.4, 0.5) is 0 Å². The smallest absolute Gasteiger partial charge is 0.346 e. The number of rotatable bonds is 2. The number of carbonyl (C=O) groups is 1. The summed E-state index contributed by atoms with van der Waals surface area (Å²) in [5.74, 6) is 0.124. The third kappa shape index (κ3) is 2.26. The average Bonchev–Trinajstić information content (AvgIpc) is 2.74. The molecule has 3 heteroatoms. The number of esters is 1. The molecule has 0 N–H and O–H groups in total. The van der Waals surface area contributed by atoms with Crippen LogP contribution < -0.4 is 4.74 Å². The van der Waals surface area contributed by atoms with Crippen LogP contribution in [0, 0.1) is 6.92 Å². The van der Waals surface area contributed by atoms with Crippen LogP contribution in [-0.4, -0.2) is 5.97 Å². The van der Waals surface area contributed by atoms with E-state index in [1.54, 1.807) is 18.2 Å². The van der Waals surface area contributed by atoms with Gasteiger partial charge in [0.15, 0.2) is 0 Å². The van der Waals surface area contributed by atoms with Crippen LogP contribution in [0.2, 0.25) is 0 Å². The minimum atomic E-state index is -0.410. The summed E-state index contributed by atoms with van der Waals surface area (Å²) < 4.78 is 9.91. The van der Waals surface area contributed by atoms with Crippen molar-refractivity contribution in [3.8, 4) is 5.75 Å². The lowest BCUT2D eigenvalue weighted by Crippen LogP contribution is -2.06. The van der Waals surface area contributed by atoms with Gasteiger partial charge in [0.1, 0.15) is 12.0 Å². The van der Waals surface area contributed by atoms with E-state index in [1.807, 2.05) is 19.1 Å². The lowest BCUT2D eigenvalue weighted by Gasteiger charge is -2.02. The number of ether oxygens (including phenoxy) is 1. The van der Waals surface area contributed by atoms with Crippen LogP contribution in [-0.2, 0) is 0 Å². The second-order valence-corrected chi connectivity index (χ2v) is 3.21. The Bertz CT molecular complexity index is 440. The molecule has 0 spiro atoms. The molecule has 2 rings (SSSR count). The van der Waals surface area contributed by atoms with E-state index >= 15 is 0 Å². The van der Waals surface area contributed by atoms with E-state index < -0.39 is 5.97 Å². The first-order valence-electron chi connectivity index (χ1n) is 4.57. The molecular weight excluding hydrogens is 192 g/mol. The van der Waals surface area contributed by atoms with Gasteiger partial charge in [-0.1, -0.05) is 17.7 Å². The van der Waals surface area contributed by atoms with Crippen LogP contribution in [0.5, 0.6) is 5.75 Å². The lowest BCUT2D eigenvalue weighted by molar-refractivity contribution is 0.0734. The van der Waals surface area contributed by atoms with Gasteiger partial charge in [-0.05, 0) is 25.1 Å². The van der Waals surface area contributed by atoms with Crippen molar-refractivity contribution < 1.29 is 13.9 Å². The Labute approximate surface area is 87.3 Å².